The molecular weight excluding hydrogens is 518 g/mol. The Kier molecular flexibility index (Phi) is 6.10. The summed E-state index contributed by atoms with van der Waals surface area (Å²) in [6.07, 6.45) is -4.18. The Labute approximate surface area is 194 Å². The van der Waals surface area contributed by atoms with Crippen LogP contribution in [0.2, 0.25) is 5.02 Å². The molecule has 32 heavy (non-hydrogen) atoms. The van der Waals surface area contributed by atoms with E-state index in [1.807, 2.05) is 0 Å². The minimum atomic E-state index is -4.38. The van der Waals surface area contributed by atoms with E-state index in [4.69, 9.17) is 11.6 Å². The Hall–Kier alpha value is -2.33. The zero-order valence-corrected chi connectivity index (χ0v) is 18.7. The van der Waals surface area contributed by atoms with Gasteiger partial charge in [0.05, 0.1) is 12.0 Å². The van der Waals surface area contributed by atoms with Crippen LogP contribution in [0.5, 0.6) is 0 Å². The molecule has 2 unspecified atom stereocenters. The first-order chi connectivity index (χ1) is 15.0. The Morgan fingerprint density at radius 3 is 2.72 bits per heavy atom. The molecule has 2 aromatic rings. The molecule has 5 nitrogen and oxygen atoms in total. The van der Waals surface area contributed by atoms with Crippen molar-refractivity contribution < 1.29 is 27.2 Å². The van der Waals surface area contributed by atoms with Gasteiger partial charge in [-0.3, -0.25) is 4.79 Å². The van der Waals surface area contributed by atoms with Crippen molar-refractivity contribution >= 4 is 45.2 Å². The van der Waals surface area contributed by atoms with E-state index in [1.165, 1.54) is 18.2 Å². The van der Waals surface area contributed by atoms with Crippen LogP contribution in [0.4, 0.5) is 28.0 Å². The fourth-order valence-corrected chi connectivity index (χ4v) is 4.78. The molecule has 2 aliphatic rings. The van der Waals surface area contributed by atoms with Gasteiger partial charge in [-0.2, -0.15) is 13.2 Å². The van der Waals surface area contributed by atoms with E-state index >= 15 is 0 Å². The maximum absolute atomic E-state index is 13.9. The smallest absolute Gasteiger partial charge is 0.341 e. The van der Waals surface area contributed by atoms with Gasteiger partial charge >= 0.3 is 12.2 Å². The summed E-state index contributed by atoms with van der Waals surface area (Å²) in [5.41, 5.74) is 1.12. The summed E-state index contributed by atoms with van der Waals surface area (Å²) >= 11 is 9.52. The minimum Gasteiger partial charge on any atom is -0.341 e. The number of benzene rings is 2. The van der Waals surface area contributed by atoms with Gasteiger partial charge in [0.15, 0.2) is 0 Å². The Morgan fingerprint density at radius 2 is 2.00 bits per heavy atom. The molecule has 1 fully saturated rings. The van der Waals surface area contributed by atoms with Crippen LogP contribution >= 0.6 is 27.5 Å². The SMILES string of the molecule is O=C1NC(c2cc(F)ccc2Cl)c2c(NC(=O)N3CCCC(C(F)(F)F)C3)cc(Br)cc21. The number of rotatable bonds is 2. The molecule has 2 atom stereocenters. The van der Waals surface area contributed by atoms with E-state index in [0.717, 1.165) is 4.90 Å². The second-order valence-corrected chi connectivity index (χ2v) is 9.07. The van der Waals surface area contributed by atoms with E-state index in [0.29, 0.717) is 15.6 Å². The largest absolute Gasteiger partial charge is 0.393 e. The summed E-state index contributed by atoms with van der Waals surface area (Å²) in [5.74, 6) is -2.59. The average molecular weight is 535 g/mol. The molecule has 0 bridgehead atoms. The molecule has 2 heterocycles. The minimum absolute atomic E-state index is 0.0296. The molecule has 0 saturated carbocycles. The molecule has 4 rings (SSSR count). The number of piperidine rings is 1. The van der Waals surface area contributed by atoms with Crippen LogP contribution in [0.25, 0.3) is 0 Å². The number of nitrogens with zero attached hydrogens (tertiary/aromatic N) is 1. The predicted octanol–water partition coefficient (Wildman–Crippen LogP) is 5.88. The Morgan fingerprint density at radius 1 is 1.25 bits per heavy atom. The quantitative estimate of drug-likeness (QED) is 0.473. The van der Waals surface area contributed by atoms with Crippen LogP contribution in [0.15, 0.2) is 34.8 Å². The number of likely N-dealkylation sites (tertiary alicyclic amines) is 1. The van der Waals surface area contributed by atoms with E-state index < -0.39 is 42.4 Å². The zero-order valence-electron chi connectivity index (χ0n) is 16.4. The Balaban J connectivity index is 1.67. The highest BCUT2D eigenvalue weighted by molar-refractivity contribution is 9.10. The first-order valence-corrected chi connectivity index (χ1v) is 10.9. The Bertz CT molecular complexity index is 1100. The number of amides is 3. The summed E-state index contributed by atoms with van der Waals surface area (Å²) in [6.45, 7) is -0.257. The third kappa shape index (κ3) is 4.43. The summed E-state index contributed by atoms with van der Waals surface area (Å²) in [4.78, 5) is 26.5. The zero-order chi connectivity index (χ0) is 23.2. The van der Waals surface area contributed by atoms with Crippen molar-refractivity contribution in [1.82, 2.24) is 10.2 Å². The lowest BCUT2D eigenvalue weighted by atomic mass is 9.96. The van der Waals surface area contributed by atoms with Gasteiger partial charge in [0.1, 0.15) is 5.82 Å². The van der Waals surface area contributed by atoms with E-state index in [-0.39, 0.29) is 35.7 Å². The predicted molar refractivity (Wildman–Crippen MR) is 114 cm³/mol. The molecule has 0 radical (unpaired) electrons. The number of fused-ring (bicyclic) bond motifs is 1. The van der Waals surface area contributed by atoms with Gasteiger partial charge in [0.2, 0.25) is 0 Å². The second-order valence-electron chi connectivity index (χ2n) is 7.74. The summed E-state index contributed by atoms with van der Waals surface area (Å²) in [6, 6.07) is 5.28. The van der Waals surface area contributed by atoms with Crippen molar-refractivity contribution in [2.24, 2.45) is 5.92 Å². The fourth-order valence-electron chi connectivity index (χ4n) is 4.09. The summed E-state index contributed by atoms with van der Waals surface area (Å²) < 4.78 is 53.8. The highest BCUT2D eigenvalue weighted by Gasteiger charge is 2.43. The van der Waals surface area contributed by atoms with Crippen LogP contribution in [-0.4, -0.2) is 36.1 Å². The molecule has 0 aliphatic carbocycles. The molecule has 3 amide bonds. The lowest BCUT2D eigenvalue weighted by Crippen LogP contribution is -2.46. The van der Waals surface area contributed by atoms with E-state index in [2.05, 4.69) is 26.6 Å². The van der Waals surface area contributed by atoms with Crippen molar-refractivity contribution in [2.45, 2.75) is 25.1 Å². The molecule has 1 saturated heterocycles. The number of carbonyl (C=O) groups excluding carboxylic acids is 2. The summed E-state index contributed by atoms with van der Waals surface area (Å²) in [7, 11) is 0. The van der Waals surface area contributed by atoms with Crippen molar-refractivity contribution in [1.29, 1.82) is 0 Å². The number of nitrogens with one attached hydrogen (secondary N) is 2. The molecule has 11 heteroatoms. The molecule has 2 aromatic carbocycles. The molecule has 2 N–H and O–H groups in total. The van der Waals surface area contributed by atoms with Crippen LogP contribution in [-0.2, 0) is 0 Å². The first-order valence-electron chi connectivity index (χ1n) is 9.76. The van der Waals surface area contributed by atoms with Crippen LogP contribution in [0.1, 0.15) is 40.4 Å². The van der Waals surface area contributed by atoms with Gasteiger partial charge in [-0.05, 0) is 43.2 Å². The van der Waals surface area contributed by atoms with Crippen molar-refractivity contribution in [3.63, 3.8) is 0 Å². The lowest BCUT2D eigenvalue weighted by Gasteiger charge is -2.34. The standard InChI is InChI=1S/C21H17BrClF4N3O2/c22-11-6-14-17(18(29-19(14)31)13-8-12(24)3-4-15(13)23)16(7-11)28-20(32)30-5-1-2-10(9-30)21(25,26)27/h3-4,6-8,10,18H,1-2,5,9H2,(H,28,32)(H,29,31). The van der Waals surface area contributed by atoms with Gasteiger partial charge in [-0.25, -0.2) is 9.18 Å². The highest BCUT2D eigenvalue weighted by Crippen LogP contribution is 2.41. The molecule has 170 valence electrons. The lowest BCUT2D eigenvalue weighted by molar-refractivity contribution is -0.183. The fraction of sp³-hybridized carbons (Fsp3) is 0.333. The number of carbonyl (C=O) groups is 2. The topological polar surface area (TPSA) is 61.4 Å². The number of alkyl halides is 3. The average Bonchev–Trinajstić information content (AvgIpc) is 3.05. The van der Waals surface area contributed by atoms with Gasteiger partial charge in [-0.15, -0.1) is 0 Å². The third-order valence-electron chi connectivity index (χ3n) is 5.64. The second kappa shape index (κ2) is 8.55. The van der Waals surface area contributed by atoms with Crippen molar-refractivity contribution in [3.8, 4) is 0 Å². The van der Waals surface area contributed by atoms with E-state index in [9.17, 15) is 27.2 Å². The normalized spacial score (nSPS) is 20.7. The molecule has 0 aromatic heterocycles. The number of hydrogen-bond acceptors (Lipinski definition) is 2. The van der Waals surface area contributed by atoms with Gasteiger partial charge in [-0.1, -0.05) is 27.5 Å². The van der Waals surface area contributed by atoms with Gasteiger partial charge < -0.3 is 15.5 Å². The first kappa shape index (κ1) is 22.8. The van der Waals surface area contributed by atoms with E-state index in [1.54, 1.807) is 12.1 Å². The van der Waals surface area contributed by atoms with Crippen LogP contribution in [0, 0.1) is 11.7 Å². The molecule has 0 spiro atoms. The number of anilines is 1. The number of urea groups is 1. The van der Waals surface area contributed by atoms with Gasteiger partial charge in [0.25, 0.3) is 5.91 Å². The summed E-state index contributed by atoms with van der Waals surface area (Å²) in [5, 5.41) is 5.58. The van der Waals surface area contributed by atoms with Crippen molar-refractivity contribution in [2.75, 3.05) is 18.4 Å². The maximum Gasteiger partial charge on any atom is 0.393 e. The third-order valence-corrected chi connectivity index (χ3v) is 6.44. The number of halogens is 6. The van der Waals surface area contributed by atoms with Crippen LogP contribution < -0.4 is 10.6 Å². The van der Waals surface area contributed by atoms with Crippen molar-refractivity contribution in [3.05, 3.63) is 62.3 Å². The maximum atomic E-state index is 13.9. The molecule has 2 aliphatic heterocycles. The molecular formula is C21H17BrClF4N3O2. The van der Waals surface area contributed by atoms with Gasteiger partial charge in [0, 0.05) is 45.0 Å². The number of hydrogen-bond donors (Lipinski definition) is 2. The monoisotopic (exact) mass is 533 g/mol. The van der Waals surface area contributed by atoms with Crippen LogP contribution in [0.3, 0.4) is 0 Å². The highest BCUT2D eigenvalue weighted by atomic mass is 79.9.